The number of halogens is 2. The van der Waals surface area contributed by atoms with Gasteiger partial charge in [-0.15, -0.1) is 0 Å². The smallest absolute Gasteiger partial charge is 0.238 e. The molecule has 0 aromatic heterocycles. The summed E-state index contributed by atoms with van der Waals surface area (Å²) in [4.78, 5) is 12.1. The molecule has 0 spiro atoms. The number of carbonyl (C=O) groups excluding carboxylic acids is 1. The number of carbonyl (C=O) groups is 1. The molecule has 24 heavy (non-hydrogen) atoms. The average molecular weight is 330 g/mol. The van der Waals surface area contributed by atoms with Gasteiger partial charge in [0.05, 0.1) is 6.54 Å². The Bertz CT molecular complexity index is 761. The van der Waals surface area contributed by atoms with Crippen molar-refractivity contribution >= 4 is 11.6 Å². The number of fused-ring (bicyclic) bond motifs is 1. The van der Waals surface area contributed by atoms with Gasteiger partial charge in [0.1, 0.15) is 0 Å². The Morgan fingerprint density at radius 1 is 1.08 bits per heavy atom. The van der Waals surface area contributed by atoms with Crippen molar-refractivity contribution in [2.45, 2.75) is 32.2 Å². The third-order valence-electron chi connectivity index (χ3n) is 4.39. The van der Waals surface area contributed by atoms with E-state index in [1.165, 1.54) is 23.6 Å². The van der Waals surface area contributed by atoms with Crippen LogP contribution < -0.4 is 10.6 Å². The van der Waals surface area contributed by atoms with Gasteiger partial charge in [0.15, 0.2) is 11.6 Å². The lowest BCUT2D eigenvalue weighted by Crippen LogP contribution is -2.30. The van der Waals surface area contributed by atoms with Crippen LogP contribution in [0.3, 0.4) is 0 Å². The first-order chi connectivity index (χ1) is 11.5. The van der Waals surface area contributed by atoms with Crippen molar-refractivity contribution in [1.82, 2.24) is 5.32 Å². The average Bonchev–Trinajstić information content (AvgIpc) is 3.03. The minimum Gasteiger partial charge on any atom is -0.325 e. The van der Waals surface area contributed by atoms with Crippen molar-refractivity contribution in [1.29, 1.82) is 0 Å². The van der Waals surface area contributed by atoms with Crippen LogP contribution in [0.5, 0.6) is 0 Å². The van der Waals surface area contributed by atoms with Crippen molar-refractivity contribution in [3.8, 4) is 0 Å². The highest BCUT2D eigenvalue weighted by molar-refractivity contribution is 5.92. The molecule has 0 bridgehead atoms. The maximum Gasteiger partial charge on any atom is 0.238 e. The fourth-order valence-electron chi connectivity index (χ4n) is 3.00. The van der Waals surface area contributed by atoms with Crippen molar-refractivity contribution in [3.63, 3.8) is 0 Å². The van der Waals surface area contributed by atoms with E-state index in [9.17, 15) is 13.6 Å². The molecular weight excluding hydrogens is 310 g/mol. The van der Waals surface area contributed by atoms with Gasteiger partial charge in [-0.1, -0.05) is 12.1 Å². The summed E-state index contributed by atoms with van der Waals surface area (Å²) in [6.07, 6.45) is 3.33. The maximum absolute atomic E-state index is 13.3. The van der Waals surface area contributed by atoms with Crippen LogP contribution in [0.15, 0.2) is 36.4 Å². The minimum absolute atomic E-state index is 0.0945. The Kier molecular flexibility index (Phi) is 4.90. The second-order valence-corrected chi connectivity index (χ2v) is 6.16. The van der Waals surface area contributed by atoms with E-state index >= 15 is 0 Å². The maximum atomic E-state index is 13.3. The molecule has 3 nitrogen and oxygen atoms in total. The van der Waals surface area contributed by atoms with Crippen molar-refractivity contribution in [2.24, 2.45) is 0 Å². The van der Waals surface area contributed by atoms with E-state index in [0.717, 1.165) is 30.7 Å². The molecule has 0 fully saturated rings. The minimum atomic E-state index is -0.885. The molecule has 0 aliphatic heterocycles. The number of hydrogen-bond acceptors (Lipinski definition) is 2. The zero-order valence-electron chi connectivity index (χ0n) is 13.5. The molecule has 126 valence electrons. The third-order valence-corrected chi connectivity index (χ3v) is 4.39. The third kappa shape index (κ3) is 3.79. The first-order valence-corrected chi connectivity index (χ1v) is 8.13. The van der Waals surface area contributed by atoms with Gasteiger partial charge < -0.3 is 10.6 Å². The van der Waals surface area contributed by atoms with Crippen LogP contribution in [0.1, 0.15) is 36.1 Å². The van der Waals surface area contributed by atoms with Crippen molar-refractivity contribution in [2.75, 3.05) is 11.9 Å². The summed E-state index contributed by atoms with van der Waals surface area (Å²) in [5, 5.41) is 5.88. The molecule has 0 heterocycles. The zero-order chi connectivity index (χ0) is 17.1. The Labute approximate surface area is 140 Å². The fraction of sp³-hybridized carbons (Fsp3) is 0.316. The lowest BCUT2D eigenvalue weighted by molar-refractivity contribution is -0.115. The topological polar surface area (TPSA) is 41.1 Å². The van der Waals surface area contributed by atoms with Crippen LogP contribution in [0.25, 0.3) is 0 Å². The summed E-state index contributed by atoms with van der Waals surface area (Å²) in [5.74, 6) is -1.92. The Morgan fingerprint density at radius 2 is 1.88 bits per heavy atom. The van der Waals surface area contributed by atoms with Gasteiger partial charge >= 0.3 is 0 Å². The number of benzene rings is 2. The van der Waals surface area contributed by atoms with Gasteiger partial charge in [0.2, 0.25) is 5.91 Å². The van der Waals surface area contributed by atoms with E-state index < -0.39 is 11.6 Å². The second-order valence-electron chi connectivity index (χ2n) is 6.16. The lowest BCUT2D eigenvalue weighted by Gasteiger charge is -2.14. The summed E-state index contributed by atoms with van der Waals surface area (Å²) in [5.41, 5.74) is 4.05. The van der Waals surface area contributed by atoms with Gasteiger partial charge in [-0.3, -0.25) is 4.79 Å². The lowest BCUT2D eigenvalue weighted by atomic mass is 10.1. The first kappa shape index (κ1) is 16.6. The number of amides is 1. The predicted molar refractivity (Wildman–Crippen MR) is 89.9 cm³/mol. The number of nitrogens with one attached hydrogen (secondary N) is 2. The molecule has 5 heteroatoms. The van der Waals surface area contributed by atoms with Gasteiger partial charge in [-0.25, -0.2) is 8.78 Å². The van der Waals surface area contributed by atoms with Crippen LogP contribution in [0.2, 0.25) is 0 Å². The molecular formula is C19H20F2N2O. The first-order valence-electron chi connectivity index (χ1n) is 8.13. The van der Waals surface area contributed by atoms with Crippen molar-refractivity contribution < 1.29 is 13.6 Å². The molecule has 1 aliphatic rings. The molecule has 1 aliphatic carbocycles. The molecule has 1 amide bonds. The summed E-state index contributed by atoms with van der Waals surface area (Å²) >= 11 is 0. The van der Waals surface area contributed by atoms with Crippen molar-refractivity contribution in [3.05, 3.63) is 64.7 Å². The van der Waals surface area contributed by atoms with E-state index in [2.05, 4.69) is 16.7 Å². The summed E-state index contributed by atoms with van der Waals surface area (Å²) < 4.78 is 26.2. The van der Waals surface area contributed by atoms with Gasteiger partial charge in [-0.05, 0) is 67.1 Å². The molecule has 2 aromatic rings. The van der Waals surface area contributed by atoms with E-state index in [1.54, 1.807) is 6.92 Å². The van der Waals surface area contributed by atoms with E-state index in [0.29, 0.717) is 5.56 Å². The van der Waals surface area contributed by atoms with Crippen LogP contribution in [-0.2, 0) is 17.6 Å². The molecule has 1 atom stereocenters. The van der Waals surface area contributed by atoms with Crippen LogP contribution in [0, 0.1) is 11.6 Å². The van der Waals surface area contributed by atoms with Crippen LogP contribution >= 0.6 is 0 Å². The van der Waals surface area contributed by atoms with E-state index in [1.807, 2.05) is 12.1 Å². The monoisotopic (exact) mass is 330 g/mol. The highest BCUT2D eigenvalue weighted by Crippen LogP contribution is 2.24. The zero-order valence-corrected chi connectivity index (χ0v) is 13.5. The number of anilines is 1. The van der Waals surface area contributed by atoms with Crippen LogP contribution in [-0.4, -0.2) is 12.5 Å². The molecule has 0 saturated heterocycles. The molecule has 2 aromatic carbocycles. The highest BCUT2D eigenvalue weighted by Gasteiger charge is 2.13. The predicted octanol–water partition coefficient (Wildman–Crippen LogP) is 3.74. The summed E-state index contributed by atoms with van der Waals surface area (Å²) in [6, 6.07) is 9.49. The Hall–Kier alpha value is -2.27. The van der Waals surface area contributed by atoms with Crippen LogP contribution in [0.4, 0.5) is 14.5 Å². The van der Waals surface area contributed by atoms with Gasteiger partial charge in [0.25, 0.3) is 0 Å². The van der Waals surface area contributed by atoms with E-state index in [-0.39, 0.29) is 18.5 Å². The standard InChI is InChI=1S/C19H20F2N2O/c1-12(14-6-8-17(20)18(21)10-14)22-11-19(24)23-16-7-5-13-3-2-4-15(13)9-16/h5-10,12,22H,2-4,11H2,1H3,(H,23,24)/t12-/m1/s1. The molecule has 0 unspecified atom stereocenters. The highest BCUT2D eigenvalue weighted by atomic mass is 19.2. The fourth-order valence-corrected chi connectivity index (χ4v) is 3.00. The molecule has 0 radical (unpaired) electrons. The molecule has 2 N–H and O–H groups in total. The Balaban J connectivity index is 1.54. The van der Waals surface area contributed by atoms with Gasteiger partial charge in [-0.2, -0.15) is 0 Å². The SMILES string of the molecule is C[C@@H](NCC(=O)Nc1ccc2c(c1)CCC2)c1ccc(F)c(F)c1. The summed E-state index contributed by atoms with van der Waals surface area (Å²) in [7, 11) is 0. The molecule has 3 rings (SSSR count). The number of hydrogen-bond donors (Lipinski definition) is 2. The summed E-state index contributed by atoms with van der Waals surface area (Å²) in [6.45, 7) is 1.90. The quantitative estimate of drug-likeness (QED) is 0.877. The van der Waals surface area contributed by atoms with Gasteiger partial charge in [0, 0.05) is 11.7 Å². The number of aryl methyl sites for hydroxylation is 2. The molecule has 0 saturated carbocycles. The second kappa shape index (κ2) is 7.09. The largest absolute Gasteiger partial charge is 0.325 e. The van der Waals surface area contributed by atoms with E-state index in [4.69, 9.17) is 0 Å². The normalized spacial score (nSPS) is 14.3. The number of rotatable bonds is 5. The Morgan fingerprint density at radius 3 is 2.67 bits per heavy atom.